The molecule has 0 spiro atoms. The van der Waals surface area contributed by atoms with Crippen molar-refractivity contribution < 1.29 is 9.90 Å². The summed E-state index contributed by atoms with van der Waals surface area (Å²) in [6.07, 6.45) is 1.48. The minimum atomic E-state index is -0.655. The van der Waals surface area contributed by atoms with Gasteiger partial charge in [0.15, 0.2) is 0 Å². The summed E-state index contributed by atoms with van der Waals surface area (Å²) in [6, 6.07) is 10.3. The predicted octanol–water partition coefficient (Wildman–Crippen LogP) is 5.51. The monoisotopic (exact) mass is 446 g/mol. The van der Waals surface area contributed by atoms with Crippen LogP contribution in [0.15, 0.2) is 30.3 Å². The normalized spacial score (nSPS) is 18.5. The van der Waals surface area contributed by atoms with Gasteiger partial charge in [-0.3, -0.25) is 9.69 Å². The van der Waals surface area contributed by atoms with Crippen LogP contribution in [-0.4, -0.2) is 42.2 Å². The van der Waals surface area contributed by atoms with Crippen molar-refractivity contribution in [2.45, 2.75) is 39.2 Å². The third-order valence-electron chi connectivity index (χ3n) is 6.65. The van der Waals surface area contributed by atoms with Crippen LogP contribution in [0.25, 0.3) is 0 Å². The van der Waals surface area contributed by atoms with Crippen LogP contribution in [0.3, 0.4) is 0 Å². The van der Waals surface area contributed by atoms with E-state index < -0.39 is 5.97 Å². The number of hydrogen-bond donors (Lipinski definition) is 1. The molecular formula is C24H28Cl2N2O2. The van der Waals surface area contributed by atoms with E-state index in [9.17, 15) is 9.90 Å². The molecule has 160 valence electrons. The van der Waals surface area contributed by atoms with E-state index in [1.807, 2.05) is 18.2 Å². The van der Waals surface area contributed by atoms with E-state index in [0.29, 0.717) is 5.92 Å². The highest BCUT2D eigenvalue weighted by Gasteiger charge is 2.32. The number of halogens is 2. The van der Waals surface area contributed by atoms with Gasteiger partial charge in [-0.25, -0.2) is 0 Å². The summed E-state index contributed by atoms with van der Waals surface area (Å²) in [7, 11) is 0. The Morgan fingerprint density at radius 3 is 2.17 bits per heavy atom. The summed E-state index contributed by atoms with van der Waals surface area (Å²) in [6.45, 7) is 8.79. The smallest absolute Gasteiger partial charge is 0.306 e. The zero-order chi connectivity index (χ0) is 21.4. The van der Waals surface area contributed by atoms with E-state index >= 15 is 0 Å². The fraction of sp³-hybridized carbons (Fsp3) is 0.458. The predicted molar refractivity (Wildman–Crippen MR) is 123 cm³/mol. The molecule has 30 heavy (non-hydrogen) atoms. The molecule has 0 bridgehead atoms. The molecule has 0 aliphatic carbocycles. The van der Waals surface area contributed by atoms with Gasteiger partial charge in [0, 0.05) is 41.3 Å². The summed E-state index contributed by atoms with van der Waals surface area (Å²) < 4.78 is 0. The van der Waals surface area contributed by atoms with E-state index in [4.69, 9.17) is 23.2 Å². The van der Waals surface area contributed by atoms with E-state index in [2.05, 4.69) is 35.8 Å². The maximum absolute atomic E-state index is 11.2. The Hall–Kier alpha value is -1.75. The van der Waals surface area contributed by atoms with Crippen molar-refractivity contribution in [1.29, 1.82) is 0 Å². The lowest BCUT2D eigenvalue weighted by molar-refractivity contribution is -0.143. The fourth-order valence-corrected chi connectivity index (χ4v) is 5.44. The third-order valence-corrected chi connectivity index (χ3v) is 7.31. The number of carboxylic acid groups (broad SMARTS) is 1. The number of aryl methyl sites for hydroxylation is 2. The molecule has 2 saturated heterocycles. The average Bonchev–Trinajstić information content (AvgIpc) is 2.66. The average molecular weight is 447 g/mol. The molecular weight excluding hydrogens is 419 g/mol. The standard InChI is InChI=1S/C24H28Cl2N2O2/c1-15-10-19(28-12-18(13-28)23-21(25)4-3-5-22(23)26)11-16(2)20(15)14-27-8-6-17(7-9-27)24(29)30/h3-5,10-11,17-18H,6-9,12-14H2,1-2H3,(H,29,30). The van der Waals surface area contributed by atoms with Gasteiger partial charge < -0.3 is 10.0 Å². The highest BCUT2D eigenvalue weighted by atomic mass is 35.5. The van der Waals surface area contributed by atoms with Crippen LogP contribution < -0.4 is 4.90 Å². The van der Waals surface area contributed by atoms with Crippen LogP contribution in [0.5, 0.6) is 0 Å². The van der Waals surface area contributed by atoms with E-state index in [1.54, 1.807) is 0 Å². The van der Waals surface area contributed by atoms with Crippen molar-refractivity contribution >= 4 is 34.9 Å². The molecule has 2 aromatic rings. The number of benzene rings is 2. The first-order valence-electron chi connectivity index (χ1n) is 10.6. The Labute approximate surface area is 188 Å². The molecule has 0 atom stereocenters. The molecule has 2 aliphatic heterocycles. The molecule has 4 nitrogen and oxygen atoms in total. The zero-order valence-electron chi connectivity index (χ0n) is 17.5. The molecule has 4 rings (SSSR count). The number of anilines is 1. The minimum Gasteiger partial charge on any atom is -0.481 e. The van der Waals surface area contributed by atoms with Crippen molar-refractivity contribution in [3.8, 4) is 0 Å². The first-order chi connectivity index (χ1) is 14.3. The maximum Gasteiger partial charge on any atom is 0.306 e. The number of nitrogens with zero attached hydrogens (tertiary/aromatic N) is 2. The van der Waals surface area contributed by atoms with Crippen molar-refractivity contribution in [3.63, 3.8) is 0 Å². The largest absolute Gasteiger partial charge is 0.481 e. The van der Waals surface area contributed by atoms with Gasteiger partial charge >= 0.3 is 5.97 Å². The summed E-state index contributed by atoms with van der Waals surface area (Å²) in [5, 5.41) is 10.7. The van der Waals surface area contributed by atoms with Crippen molar-refractivity contribution in [3.05, 3.63) is 62.6 Å². The first kappa shape index (κ1) is 21.5. The highest BCUT2D eigenvalue weighted by molar-refractivity contribution is 6.36. The van der Waals surface area contributed by atoms with Crippen LogP contribution in [0, 0.1) is 19.8 Å². The van der Waals surface area contributed by atoms with Crippen LogP contribution in [0.4, 0.5) is 5.69 Å². The summed E-state index contributed by atoms with van der Waals surface area (Å²) in [4.78, 5) is 15.9. The summed E-state index contributed by atoms with van der Waals surface area (Å²) in [5.41, 5.74) is 6.26. The minimum absolute atomic E-state index is 0.184. The van der Waals surface area contributed by atoms with Crippen molar-refractivity contribution in [2.24, 2.45) is 5.92 Å². The molecule has 2 aromatic carbocycles. The third kappa shape index (κ3) is 4.32. The van der Waals surface area contributed by atoms with Gasteiger partial charge in [0.1, 0.15) is 0 Å². The van der Waals surface area contributed by atoms with E-state index in [1.165, 1.54) is 22.4 Å². The first-order valence-corrected chi connectivity index (χ1v) is 11.3. The van der Waals surface area contributed by atoms with Gasteiger partial charge in [0.2, 0.25) is 0 Å². The SMILES string of the molecule is Cc1cc(N2CC(c3c(Cl)cccc3Cl)C2)cc(C)c1CN1CCC(C(=O)O)CC1. The lowest BCUT2D eigenvalue weighted by Crippen LogP contribution is -2.45. The van der Waals surface area contributed by atoms with Gasteiger partial charge in [-0.15, -0.1) is 0 Å². The molecule has 2 heterocycles. The van der Waals surface area contributed by atoms with E-state index in [-0.39, 0.29) is 5.92 Å². The molecule has 1 N–H and O–H groups in total. The fourth-order valence-electron chi connectivity index (χ4n) is 4.74. The second-order valence-electron chi connectivity index (χ2n) is 8.68. The molecule has 2 fully saturated rings. The Bertz CT molecular complexity index is 905. The number of piperidine rings is 1. The van der Waals surface area contributed by atoms with Crippen LogP contribution in [0.1, 0.15) is 41.0 Å². The second kappa shape index (κ2) is 8.78. The number of aliphatic carboxylic acids is 1. The van der Waals surface area contributed by atoms with Gasteiger partial charge in [-0.2, -0.15) is 0 Å². The molecule has 6 heteroatoms. The summed E-state index contributed by atoms with van der Waals surface area (Å²) >= 11 is 12.8. The van der Waals surface area contributed by atoms with Crippen molar-refractivity contribution in [1.82, 2.24) is 4.90 Å². The number of hydrogen-bond acceptors (Lipinski definition) is 3. The zero-order valence-corrected chi connectivity index (χ0v) is 19.0. The Balaban J connectivity index is 1.41. The van der Waals surface area contributed by atoms with Gasteiger partial charge in [-0.05, 0) is 86.3 Å². The van der Waals surface area contributed by atoms with Gasteiger partial charge in [0.25, 0.3) is 0 Å². The molecule has 0 aromatic heterocycles. The van der Waals surface area contributed by atoms with Gasteiger partial charge in [-0.1, -0.05) is 29.3 Å². The van der Waals surface area contributed by atoms with Crippen LogP contribution in [-0.2, 0) is 11.3 Å². The molecule has 2 aliphatic rings. The number of carboxylic acids is 1. The number of likely N-dealkylation sites (tertiary alicyclic amines) is 1. The van der Waals surface area contributed by atoms with E-state index in [0.717, 1.165) is 61.2 Å². The number of rotatable bonds is 5. The van der Waals surface area contributed by atoms with Crippen LogP contribution in [0.2, 0.25) is 10.0 Å². The molecule has 0 amide bonds. The highest BCUT2D eigenvalue weighted by Crippen LogP contribution is 2.39. The maximum atomic E-state index is 11.2. The van der Waals surface area contributed by atoms with Gasteiger partial charge in [0.05, 0.1) is 5.92 Å². The second-order valence-corrected chi connectivity index (χ2v) is 9.50. The molecule has 0 saturated carbocycles. The quantitative estimate of drug-likeness (QED) is 0.657. The topological polar surface area (TPSA) is 43.8 Å². The number of carbonyl (C=O) groups is 1. The van der Waals surface area contributed by atoms with Crippen molar-refractivity contribution in [2.75, 3.05) is 31.1 Å². The van der Waals surface area contributed by atoms with Crippen LogP contribution >= 0.6 is 23.2 Å². The molecule has 0 radical (unpaired) electrons. The lowest BCUT2D eigenvalue weighted by atomic mass is 9.89. The lowest BCUT2D eigenvalue weighted by Gasteiger charge is -2.42. The Morgan fingerprint density at radius 2 is 1.63 bits per heavy atom. The molecule has 0 unspecified atom stereocenters. The Morgan fingerprint density at radius 1 is 1.07 bits per heavy atom. The Kier molecular flexibility index (Phi) is 6.29. The summed E-state index contributed by atoms with van der Waals surface area (Å²) in [5.74, 6) is -0.476.